The first-order chi connectivity index (χ1) is 14.2. The third-order valence-corrected chi connectivity index (χ3v) is 7.85. The summed E-state index contributed by atoms with van der Waals surface area (Å²) in [6.45, 7) is 3.88. The molecule has 0 amide bonds. The van der Waals surface area contributed by atoms with Crippen molar-refractivity contribution in [3.8, 4) is 0 Å². The fourth-order valence-corrected chi connectivity index (χ4v) is 5.74. The van der Waals surface area contributed by atoms with Crippen LogP contribution in [0.2, 0.25) is 10.0 Å². The van der Waals surface area contributed by atoms with E-state index >= 15 is 0 Å². The van der Waals surface area contributed by atoms with Crippen LogP contribution in [0.15, 0.2) is 59.0 Å². The third-order valence-electron chi connectivity index (χ3n) is 5.20. The number of rotatable bonds is 7. The SMILES string of the molecule is CCCC[C@@H]1C=C(C(=O)O)[C@H](c2ccc(Cl)c(Cl)c2)N1S(=O)(=O)c1ccc(C)cc1. The second-order valence-corrected chi connectivity index (χ2v) is 10.0. The lowest BCUT2D eigenvalue weighted by Gasteiger charge is -2.31. The highest BCUT2D eigenvalue weighted by Gasteiger charge is 2.45. The first-order valence-corrected chi connectivity index (χ1v) is 11.9. The number of carbonyl (C=O) groups is 1. The molecule has 160 valence electrons. The molecule has 1 heterocycles. The molecule has 2 aromatic rings. The van der Waals surface area contributed by atoms with Gasteiger partial charge in [-0.15, -0.1) is 0 Å². The second kappa shape index (κ2) is 9.10. The van der Waals surface area contributed by atoms with Crippen molar-refractivity contribution in [1.29, 1.82) is 0 Å². The van der Waals surface area contributed by atoms with Crippen LogP contribution in [0.3, 0.4) is 0 Å². The van der Waals surface area contributed by atoms with Gasteiger partial charge in [0.25, 0.3) is 0 Å². The average molecular weight is 468 g/mol. The molecule has 5 nitrogen and oxygen atoms in total. The Hall–Kier alpha value is -1.86. The van der Waals surface area contributed by atoms with Crippen molar-refractivity contribution in [1.82, 2.24) is 4.31 Å². The van der Waals surface area contributed by atoms with Gasteiger partial charge in [0.15, 0.2) is 0 Å². The lowest BCUT2D eigenvalue weighted by Crippen LogP contribution is -2.39. The maximum absolute atomic E-state index is 13.7. The predicted octanol–water partition coefficient (Wildman–Crippen LogP) is 5.62. The van der Waals surface area contributed by atoms with Crippen LogP contribution in [-0.2, 0) is 14.8 Å². The summed E-state index contributed by atoms with van der Waals surface area (Å²) in [4.78, 5) is 12.2. The molecule has 0 radical (unpaired) electrons. The van der Waals surface area contributed by atoms with Gasteiger partial charge in [-0.25, -0.2) is 13.2 Å². The van der Waals surface area contributed by atoms with E-state index in [-0.39, 0.29) is 15.5 Å². The van der Waals surface area contributed by atoms with Gasteiger partial charge in [0, 0.05) is 6.04 Å². The van der Waals surface area contributed by atoms with Crippen LogP contribution in [0.4, 0.5) is 0 Å². The highest BCUT2D eigenvalue weighted by Crippen LogP contribution is 2.43. The van der Waals surface area contributed by atoms with Crippen molar-refractivity contribution >= 4 is 39.2 Å². The van der Waals surface area contributed by atoms with Gasteiger partial charge in [-0.05, 0) is 43.2 Å². The molecule has 3 rings (SSSR count). The smallest absolute Gasteiger partial charge is 0.333 e. The number of hydrogen-bond acceptors (Lipinski definition) is 3. The summed E-state index contributed by atoms with van der Waals surface area (Å²) in [7, 11) is -3.98. The molecule has 30 heavy (non-hydrogen) atoms. The number of carboxylic acid groups (broad SMARTS) is 1. The van der Waals surface area contributed by atoms with Gasteiger partial charge in [0.2, 0.25) is 10.0 Å². The Balaban J connectivity index is 2.18. The van der Waals surface area contributed by atoms with Gasteiger partial charge in [-0.3, -0.25) is 0 Å². The number of unbranched alkanes of at least 4 members (excludes halogenated alkanes) is 1. The molecule has 0 fully saturated rings. The van der Waals surface area contributed by atoms with Crippen LogP contribution in [-0.4, -0.2) is 29.8 Å². The topological polar surface area (TPSA) is 74.7 Å². The Morgan fingerprint density at radius 2 is 1.77 bits per heavy atom. The standard InChI is InChI=1S/C22H23Cl2NO4S/c1-3-4-5-16-13-18(22(26)27)21(15-8-11-19(23)20(24)12-15)25(16)30(28,29)17-9-6-14(2)7-10-17/h6-13,16,21H,3-5H2,1-2H3,(H,26,27)/t16-,21+/m1/s1. The van der Waals surface area contributed by atoms with Gasteiger partial charge in [0.05, 0.1) is 26.6 Å². The summed E-state index contributed by atoms with van der Waals surface area (Å²) in [5, 5.41) is 10.4. The maximum Gasteiger partial charge on any atom is 0.333 e. The van der Waals surface area contributed by atoms with E-state index in [0.717, 1.165) is 18.4 Å². The molecule has 0 spiro atoms. The second-order valence-electron chi connectivity index (χ2n) is 7.36. The Morgan fingerprint density at radius 1 is 1.10 bits per heavy atom. The van der Waals surface area contributed by atoms with Gasteiger partial charge in [-0.2, -0.15) is 4.31 Å². The number of aliphatic carboxylic acids is 1. The van der Waals surface area contributed by atoms with E-state index < -0.39 is 28.1 Å². The van der Waals surface area contributed by atoms with Gasteiger partial charge >= 0.3 is 5.97 Å². The van der Waals surface area contributed by atoms with Crippen LogP contribution in [0, 0.1) is 6.92 Å². The van der Waals surface area contributed by atoms with Crippen molar-refractivity contribution in [3.05, 3.63) is 75.3 Å². The van der Waals surface area contributed by atoms with Crippen LogP contribution < -0.4 is 0 Å². The monoisotopic (exact) mass is 467 g/mol. The highest BCUT2D eigenvalue weighted by atomic mass is 35.5. The molecular weight excluding hydrogens is 445 g/mol. The van der Waals surface area contributed by atoms with Crippen molar-refractivity contribution in [2.45, 2.75) is 50.1 Å². The summed E-state index contributed by atoms with van der Waals surface area (Å²) in [5.74, 6) is -1.16. The van der Waals surface area contributed by atoms with Gasteiger partial charge in [-0.1, -0.05) is 72.8 Å². The summed E-state index contributed by atoms with van der Waals surface area (Å²) in [6, 6.07) is 9.69. The average Bonchev–Trinajstić information content (AvgIpc) is 3.09. The van der Waals surface area contributed by atoms with Gasteiger partial charge in [0.1, 0.15) is 0 Å². The first-order valence-electron chi connectivity index (χ1n) is 9.67. The zero-order chi connectivity index (χ0) is 22.1. The number of aryl methyl sites for hydroxylation is 1. The Morgan fingerprint density at radius 3 is 2.33 bits per heavy atom. The van der Waals surface area contributed by atoms with E-state index in [2.05, 4.69) is 0 Å². The maximum atomic E-state index is 13.7. The molecule has 1 N–H and O–H groups in total. The largest absolute Gasteiger partial charge is 0.478 e. The number of hydrogen-bond donors (Lipinski definition) is 1. The van der Waals surface area contributed by atoms with E-state index in [0.29, 0.717) is 17.0 Å². The van der Waals surface area contributed by atoms with Crippen LogP contribution >= 0.6 is 23.2 Å². The molecule has 0 aliphatic carbocycles. The minimum absolute atomic E-state index is 0.0187. The van der Waals surface area contributed by atoms with E-state index in [9.17, 15) is 18.3 Å². The van der Waals surface area contributed by atoms with E-state index in [1.54, 1.807) is 42.5 Å². The lowest BCUT2D eigenvalue weighted by molar-refractivity contribution is -0.133. The van der Waals surface area contributed by atoms with E-state index in [1.165, 1.54) is 10.4 Å². The molecule has 1 aliphatic rings. The molecule has 8 heteroatoms. The summed E-state index contributed by atoms with van der Waals surface area (Å²) in [6.07, 6.45) is 3.71. The Bertz CT molecular complexity index is 1080. The van der Waals surface area contributed by atoms with E-state index in [4.69, 9.17) is 23.2 Å². The molecule has 0 saturated carbocycles. The minimum Gasteiger partial charge on any atom is -0.478 e. The summed E-state index contributed by atoms with van der Waals surface area (Å²) >= 11 is 12.2. The zero-order valence-corrected chi connectivity index (χ0v) is 19.0. The fraction of sp³-hybridized carbons (Fsp3) is 0.318. The summed E-state index contributed by atoms with van der Waals surface area (Å²) in [5.41, 5.74) is 1.42. The quantitative estimate of drug-likeness (QED) is 0.573. The minimum atomic E-state index is -3.98. The molecule has 0 unspecified atom stereocenters. The predicted molar refractivity (Wildman–Crippen MR) is 118 cm³/mol. The van der Waals surface area contributed by atoms with Crippen molar-refractivity contribution in [2.24, 2.45) is 0 Å². The highest BCUT2D eigenvalue weighted by molar-refractivity contribution is 7.89. The van der Waals surface area contributed by atoms with Crippen molar-refractivity contribution in [3.63, 3.8) is 0 Å². The number of sulfonamides is 1. The molecule has 0 bridgehead atoms. The first kappa shape index (κ1) is 22.8. The van der Waals surface area contributed by atoms with Crippen LogP contribution in [0.5, 0.6) is 0 Å². The molecule has 1 aliphatic heterocycles. The Labute approximate surface area is 187 Å². The summed E-state index contributed by atoms with van der Waals surface area (Å²) < 4.78 is 28.6. The molecule has 0 saturated heterocycles. The number of benzene rings is 2. The van der Waals surface area contributed by atoms with Crippen molar-refractivity contribution in [2.75, 3.05) is 0 Å². The molecule has 0 aromatic heterocycles. The molecule has 2 atom stereocenters. The van der Waals surface area contributed by atoms with Crippen LogP contribution in [0.25, 0.3) is 0 Å². The molecular formula is C22H23Cl2NO4S. The van der Waals surface area contributed by atoms with Crippen LogP contribution in [0.1, 0.15) is 43.4 Å². The van der Waals surface area contributed by atoms with Crippen molar-refractivity contribution < 1.29 is 18.3 Å². The number of nitrogens with zero attached hydrogens (tertiary/aromatic N) is 1. The van der Waals surface area contributed by atoms with E-state index in [1.807, 2.05) is 13.8 Å². The molecule has 2 aromatic carbocycles. The number of carboxylic acids is 1. The third kappa shape index (κ3) is 4.42. The normalized spacial score (nSPS) is 19.7. The van der Waals surface area contributed by atoms with Gasteiger partial charge < -0.3 is 5.11 Å². The zero-order valence-electron chi connectivity index (χ0n) is 16.7. The number of halogens is 2. The fourth-order valence-electron chi connectivity index (χ4n) is 3.67. The Kier molecular flexibility index (Phi) is 6.92. The lowest BCUT2D eigenvalue weighted by atomic mass is 10.0.